The lowest BCUT2D eigenvalue weighted by Crippen LogP contribution is -2.50. The van der Waals surface area contributed by atoms with E-state index in [-0.39, 0.29) is 18.8 Å². The smallest absolute Gasteiger partial charge is 0.343 e. The van der Waals surface area contributed by atoms with Crippen LogP contribution in [0.3, 0.4) is 0 Å². The molecule has 3 aliphatic heterocycles. The van der Waals surface area contributed by atoms with Crippen LogP contribution < -0.4 is 0 Å². The van der Waals surface area contributed by atoms with Crippen molar-refractivity contribution in [2.45, 2.75) is 38.3 Å². The monoisotopic (exact) mass is 435 g/mol. The Kier molecular flexibility index (Phi) is 4.54. The number of nitrogens with zero attached hydrogens (tertiary/aromatic N) is 3. The second-order valence-electron chi connectivity index (χ2n) is 8.48. The van der Waals surface area contributed by atoms with Crippen LogP contribution in [-0.2, 0) is 22.6 Å². The van der Waals surface area contributed by atoms with E-state index in [0.717, 1.165) is 16.5 Å². The van der Waals surface area contributed by atoms with Gasteiger partial charge in [0.05, 0.1) is 16.9 Å². The molecule has 1 aromatic heterocycles. The van der Waals surface area contributed by atoms with Crippen LogP contribution >= 0.6 is 0 Å². The van der Waals surface area contributed by atoms with Crippen LogP contribution in [0.4, 0.5) is 0 Å². The number of cyclic esters (lactones) is 1. The Balaban J connectivity index is 1.74. The minimum Gasteiger partial charge on any atom is -0.508 e. The number of phenols is 1. The van der Waals surface area contributed by atoms with Crippen LogP contribution in [0.5, 0.6) is 5.75 Å². The topological polar surface area (TPSA) is 106 Å². The zero-order chi connectivity index (χ0) is 22.8. The van der Waals surface area contributed by atoms with E-state index in [2.05, 4.69) is 6.58 Å². The van der Waals surface area contributed by atoms with Gasteiger partial charge in [-0.2, -0.15) is 0 Å². The first-order valence-corrected chi connectivity index (χ1v) is 10.6. The van der Waals surface area contributed by atoms with Crippen LogP contribution in [-0.4, -0.2) is 61.6 Å². The van der Waals surface area contributed by atoms with E-state index in [4.69, 9.17) is 9.72 Å². The lowest BCUT2D eigenvalue weighted by molar-refractivity contribution is -0.164. The van der Waals surface area contributed by atoms with Gasteiger partial charge >= 0.3 is 5.97 Å². The Labute approximate surface area is 185 Å². The standard InChI is InChI=1S/C24H25N3O5/c1-4-24(31)18-9-20-21-16(11-27(20)22(29)17(18)12-32-23(24)30)15(10-26(3)5-2)14-8-13(28)6-7-19(14)25-21/h5-9,22,28-29,31H,2,4,10-12H2,1,3H3/t22?,24-/m0/s1. The third kappa shape index (κ3) is 2.76. The molecule has 3 aliphatic rings. The molecule has 2 atom stereocenters. The summed E-state index contributed by atoms with van der Waals surface area (Å²) in [5.74, 6) is -0.553. The summed E-state index contributed by atoms with van der Waals surface area (Å²) in [4.78, 5) is 21.0. The number of phenolic OH excluding ortho intramolecular Hbond substituents is 1. The molecule has 0 amide bonds. The number of pyridine rings is 1. The second-order valence-corrected chi connectivity index (χ2v) is 8.48. The molecule has 0 saturated carbocycles. The average molecular weight is 435 g/mol. The summed E-state index contributed by atoms with van der Waals surface area (Å²) in [5.41, 5.74) is 3.03. The fourth-order valence-electron chi connectivity index (χ4n) is 4.80. The summed E-state index contributed by atoms with van der Waals surface area (Å²) in [5, 5.41) is 33.2. The number of fused-ring (bicyclic) bond motifs is 4. The molecule has 5 rings (SSSR count). The van der Waals surface area contributed by atoms with Crippen molar-refractivity contribution in [2.75, 3.05) is 13.7 Å². The number of carbonyl (C=O) groups excluding carboxylic acids is 1. The highest BCUT2D eigenvalue weighted by Gasteiger charge is 2.49. The summed E-state index contributed by atoms with van der Waals surface area (Å²) in [6.07, 6.45) is 2.57. The third-order valence-electron chi connectivity index (χ3n) is 6.67. The molecule has 3 N–H and O–H groups in total. The first-order chi connectivity index (χ1) is 15.3. The number of hydrogen-bond acceptors (Lipinski definition) is 8. The number of aromatic nitrogens is 1. The van der Waals surface area contributed by atoms with Gasteiger partial charge in [-0.05, 0) is 42.5 Å². The molecule has 32 heavy (non-hydrogen) atoms. The zero-order valence-corrected chi connectivity index (χ0v) is 18.0. The van der Waals surface area contributed by atoms with Gasteiger partial charge in [-0.1, -0.05) is 13.5 Å². The molecule has 4 heterocycles. The lowest BCUT2D eigenvalue weighted by Gasteiger charge is -2.40. The summed E-state index contributed by atoms with van der Waals surface area (Å²) in [7, 11) is 1.91. The average Bonchev–Trinajstić information content (AvgIpc) is 3.15. The summed E-state index contributed by atoms with van der Waals surface area (Å²) < 4.78 is 5.19. The van der Waals surface area contributed by atoms with E-state index in [1.165, 1.54) is 0 Å². The van der Waals surface area contributed by atoms with E-state index >= 15 is 0 Å². The van der Waals surface area contributed by atoms with Crippen LogP contribution in [0.15, 0.2) is 48.2 Å². The van der Waals surface area contributed by atoms with Gasteiger partial charge in [-0.25, -0.2) is 9.78 Å². The molecule has 1 aromatic carbocycles. The second kappa shape index (κ2) is 7.08. The maximum Gasteiger partial charge on any atom is 0.343 e. The number of esters is 1. The van der Waals surface area contributed by atoms with Crippen molar-refractivity contribution in [3.63, 3.8) is 0 Å². The van der Waals surface area contributed by atoms with Crippen molar-refractivity contribution >= 4 is 22.6 Å². The van der Waals surface area contributed by atoms with E-state index in [0.29, 0.717) is 41.1 Å². The van der Waals surface area contributed by atoms with Gasteiger partial charge in [0, 0.05) is 42.2 Å². The lowest BCUT2D eigenvalue weighted by atomic mass is 9.82. The normalized spacial score (nSPS) is 24.0. The molecule has 166 valence electrons. The van der Waals surface area contributed by atoms with Gasteiger partial charge in [0.15, 0.2) is 11.8 Å². The molecular weight excluding hydrogens is 410 g/mol. The first kappa shape index (κ1) is 20.5. The largest absolute Gasteiger partial charge is 0.508 e. The molecular formula is C24H25N3O5. The van der Waals surface area contributed by atoms with E-state index in [9.17, 15) is 20.1 Å². The number of benzene rings is 1. The molecule has 0 bridgehead atoms. The molecule has 8 heteroatoms. The number of aliphatic hydroxyl groups is 2. The van der Waals surface area contributed by atoms with Crippen molar-refractivity contribution in [2.24, 2.45) is 0 Å². The molecule has 0 radical (unpaired) electrons. The van der Waals surface area contributed by atoms with Crippen molar-refractivity contribution in [3.05, 3.63) is 65.0 Å². The number of hydrogen-bond donors (Lipinski definition) is 3. The highest BCUT2D eigenvalue weighted by atomic mass is 16.6. The molecule has 0 fully saturated rings. The number of aromatic hydroxyl groups is 1. The number of rotatable bonds is 4. The quantitative estimate of drug-likeness (QED) is 0.626. The van der Waals surface area contributed by atoms with E-state index in [1.807, 2.05) is 16.8 Å². The molecule has 0 spiro atoms. The maximum atomic E-state index is 12.4. The van der Waals surface area contributed by atoms with Crippen LogP contribution in [0.1, 0.15) is 30.2 Å². The Morgan fingerprint density at radius 2 is 2.22 bits per heavy atom. The number of carbonyl (C=O) groups is 1. The molecule has 2 aromatic rings. The minimum absolute atomic E-state index is 0.0659. The summed E-state index contributed by atoms with van der Waals surface area (Å²) in [6.45, 7) is 6.41. The molecule has 0 saturated heterocycles. The fraction of sp³-hybridized carbons (Fsp3) is 0.333. The number of aliphatic hydroxyl groups excluding tert-OH is 1. The van der Waals surface area contributed by atoms with Gasteiger partial charge in [0.25, 0.3) is 0 Å². The summed E-state index contributed by atoms with van der Waals surface area (Å²) >= 11 is 0. The highest BCUT2D eigenvalue weighted by molar-refractivity contribution is 5.91. The highest BCUT2D eigenvalue weighted by Crippen LogP contribution is 2.46. The Morgan fingerprint density at radius 3 is 2.94 bits per heavy atom. The predicted octanol–water partition coefficient (Wildman–Crippen LogP) is 2.00. The summed E-state index contributed by atoms with van der Waals surface area (Å²) in [6, 6.07) is 5.05. The maximum absolute atomic E-state index is 12.4. The van der Waals surface area contributed by atoms with Gasteiger partial charge < -0.3 is 29.9 Å². The van der Waals surface area contributed by atoms with Gasteiger partial charge in [0.2, 0.25) is 0 Å². The third-order valence-corrected chi connectivity index (χ3v) is 6.67. The van der Waals surface area contributed by atoms with Crippen LogP contribution in [0.25, 0.3) is 16.6 Å². The van der Waals surface area contributed by atoms with Crippen LogP contribution in [0, 0.1) is 0 Å². The number of ether oxygens (including phenoxy) is 1. The van der Waals surface area contributed by atoms with Gasteiger partial charge in [-0.3, -0.25) is 0 Å². The van der Waals surface area contributed by atoms with E-state index < -0.39 is 17.8 Å². The Bertz CT molecular complexity index is 1230. The molecule has 1 unspecified atom stereocenters. The Hall–Kier alpha value is -3.36. The van der Waals surface area contributed by atoms with Gasteiger partial charge in [-0.15, -0.1) is 0 Å². The first-order valence-electron chi connectivity index (χ1n) is 10.6. The van der Waals surface area contributed by atoms with Crippen molar-refractivity contribution in [1.82, 2.24) is 14.8 Å². The Morgan fingerprint density at radius 1 is 1.44 bits per heavy atom. The van der Waals surface area contributed by atoms with E-state index in [1.54, 1.807) is 37.4 Å². The zero-order valence-electron chi connectivity index (χ0n) is 18.0. The SMILES string of the molecule is C=CN(C)Cc1c2c(nc3ccc(O)cc13)C1=CC3=C(COC(=O)[C@]3(O)CC)C(O)N1C2. The van der Waals surface area contributed by atoms with Crippen LogP contribution in [0.2, 0.25) is 0 Å². The van der Waals surface area contributed by atoms with Crippen molar-refractivity contribution < 1.29 is 24.9 Å². The fourth-order valence-corrected chi connectivity index (χ4v) is 4.80. The minimum atomic E-state index is -1.80. The van der Waals surface area contributed by atoms with Crippen molar-refractivity contribution in [3.8, 4) is 5.75 Å². The van der Waals surface area contributed by atoms with Crippen molar-refractivity contribution in [1.29, 1.82) is 0 Å². The molecule has 0 aliphatic carbocycles. The molecule has 8 nitrogen and oxygen atoms in total. The predicted molar refractivity (Wildman–Crippen MR) is 118 cm³/mol. The van der Waals surface area contributed by atoms with Gasteiger partial charge in [0.1, 0.15) is 12.4 Å².